The minimum atomic E-state index is -0.353. The van der Waals surface area contributed by atoms with E-state index in [0.717, 1.165) is 22.1 Å². The molecule has 0 aliphatic rings. The standard InChI is InChI=1S/C20H21NO3/c1-13-8-9-17-14(2)19(24-18(17)10-13)20(23)21-16(12-22)11-15-6-4-3-5-7-15/h3-10,16,22H,11-12H2,1-2H3,(H,21,23)/t16-/m0/s1. The van der Waals surface area contributed by atoms with Crippen LogP contribution in [0.3, 0.4) is 0 Å². The summed E-state index contributed by atoms with van der Waals surface area (Å²) in [5.41, 5.74) is 3.68. The van der Waals surface area contributed by atoms with E-state index < -0.39 is 0 Å². The average molecular weight is 323 g/mol. The van der Waals surface area contributed by atoms with Gasteiger partial charge in [0.1, 0.15) is 5.58 Å². The van der Waals surface area contributed by atoms with Crippen LogP contribution >= 0.6 is 0 Å². The van der Waals surface area contributed by atoms with Crippen LogP contribution in [-0.4, -0.2) is 23.7 Å². The number of amides is 1. The first-order chi connectivity index (χ1) is 11.6. The smallest absolute Gasteiger partial charge is 0.287 e. The first-order valence-corrected chi connectivity index (χ1v) is 8.04. The van der Waals surface area contributed by atoms with Crippen LogP contribution in [0.4, 0.5) is 0 Å². The lowest BCUT2D eigenvalue weighted by Gasteiger charge is -2.15. The highest BCUT2D eigenvalue weighted by Gasteiger charge is 2.20. The normalized spacial score (nSPS) is 12.3. The van der Waals surface area contributed by atoms with Crippen molar-refractivity contribution in [1.82, 2.24) is 5.32 Å². The van der Waals surface area contributed by atoms with Crippen LogP contribution in [0.2, 0.25) is 0 Å². The third kappa shape index (κ3) is 3.34. The molecule has 3 aromatic rings. The van der Waals surface area contributed by atoms with Crippen molar-refractivity contribution < 1.29 is 14.3 Å². The van der Waals surface area contributed by atoms with Gasteiger partial charge in [0.2, 0.25) is 0 Å². The number of nitrogens with one attached hydrogen (secondary N) is 1. The number of aliphatic hydroxyl groups excluding tert-OH is 1. The van der Waals surface area contributed by atoms with Crippen molar-refractivity contribution in [3.8, 4) is 0 Å². The van der Waals surface area contributed by atoms with Crippen molar-refractivity contribution >= 4 is 16.9 Å². The summed E-state index contributed by atoms with van der Waals surface area (Å²) in [5.74, 6) is 0.0124. The Labute approximate surface area is 141 Å². The summed E-state index contributed by atoms with van der Waals surface area (Å²) in [6.07, 6.45) is 0.571. The average Bonchev–Trinajstić information content (AvgIpc) is 2.91. The Kier molecular flexibility index (Phi) is 4.67. The Morgan fingerprint density at radius 2 is 1.92 bits per heavy atom. The minimum absolute atomic E-state index is 0.126. The molecule has 2 N–H and O–H groups in total. The number of carbonyl (C=O) groups is 1. The second-order valence-electron chi connectivity index (χ2n) is 6.10. The second kappa shape index (κ2) is 6.89. The summed E-state index contributed by atoms with van der Waals surface area (Å²) in [6, 6.07) is 15.3. The SMILES string of the molecule is Cc1ccc2c(C)c(C(=O)N[C@H](CO)Cc3ccccc3)oc2c1. The zero-order chi connectivity index (χ0) is 17.1. The fourth-order valence-electron chi connectivity index (χ4n) is 2.86. The zero-order valence-electron chi connectivity index (χ0n) is 13.9. The molecule has 2 aromatic carbocycles. The van der Waals surface area contributed by atoms with Gasteiger partial charge in [-0.1, -0.05) is 42.5 Å². The number of hydrogen-bond acceptors (Lipinski definition) is 3. The molecule has 4 heteroatoms. The van der Waals surface area contributed by atoms with Crippen LogP contribution in [-0.2, 0) is 6.42 Å². The number of aliphatic hydroxyl groups is 1. The highest BCUT2D eigenvalue weighted by Crippen LogP contribution is 2.26. The third-order valence-electron chi connectivity index (χ3n) is 4.18. The molecule has 0 unspecified atom stereocenters. The third-order valence-corrected chi connectivity index (χ3v) is 4.18. The predicted octanol–water partition coefficient (Wildman–Crippen LogP) is 3.38. The second-order valence-corrected chi connectivity index (χ2v) is 6.10. The Hall–Kier alpha value is -2.59. The van der Waals surface area contributed by atoms with Crippen molar-refractivity contribution in [1.29, 1.82) is 0 Å². The molecule has 0 saturated carbocycles. The van der Waals surface area contributed by atoms with E-state index in [2.05, 4.69) is 5.32 Å². The van der Waals surface area contributed by atoms with Gasteiger partial charge in [0, 0.05) is 10.9 Å². The molecule has 1 aromatic heterocycles. The molecule has 0 saturated heterocycles. The van der Waals surface area contributed by atoms with Crippen LogP contribution in [0.25, 0.3) is 11.0 Å². The van der Waals surface area contributed by atoms with E-state index in [4.69, 9.17) is 4.42 Å². The van der Waals surface area contributed by atoms with Crippen molar-refractivity contribution in [2.45, 2.75) is 26.3 Å². The first-order valence-electron chi connectivity index (χ1n) is 8.04. The van der Waals surface area contributed by atoms with Gasteiger partial charge in [-0.3, -0.25) is 4.79 Å². The molecule has 0 radical (unpaired) electrons. The van der Waals surface area contributed by atoms with Crippen LogP contribution < -0.4 is 5.32 Å². The molecule has 4 nitrogen and oxygen atoms in total. The van der Waals surface area contributed by atoms with Gasteiger partial charge < -0.3 is 14.8 Å². The largest absolute Gasteiger partial charge is 0.451 e. The molecule has 1 atom stereocenters. The minimum Gasteiger partial charge on any atom is -0.451 e. The number of furan rings is 1. The van der Waals surface area contributed by atoms with Gasteiger partial charge in [0.15, 0.2) is 5.76 Å². The molecule has 1 heterocycles. The van der Waals surface area contributed by atoms with Crippen LogP contribution in [0, 0.1) is 13.8 Å². The van der Waals surface area contributed by atoms with Gasteiger partial charge in [-0.2, -0.15) is 0 Å². The lowest BCUT2D eigenvalue weighted by atomic mass is 10.1. The van der Waals surface area contributed by atoms with E-state index in [-0.39, 0.29) is 18.6 Å². The van der Waals surface area contributed by atoms with Gasteiger partial charge >= 0.3 is 0 Å². The van der Waals surface area contributed by atoms with Crippen molar-refractivity contribution in [3.05, 3.63) is 71.0 Å². The van der Waals surface area contributed by atoms with E-state index in [1.165, 1.54) is 0 Å². The Balaban J connectivity index is 1.79. The van der Waals surface area contributed by atoms with E-state index in [0.29, 0.717) is 17.8 Å². The van der Waals surface area contributed by atoms with E-state index in [9.17, 15) is 9.90 Å². The monoisotopic (exact) mass is 323 g/mol. The van der Waals surface area contributed by atoms with Gasteiger partial charge in [0.25, 0.3) is 5.91 Å². The number of fused-ring (bicyclic) bond motifs is 1. The van der Waals surface area contributed by atoms with Crippen LogP contribution in [0.1, 0.15) is 27.2 Å². The molecule has 1 amide bonds. The van der Waals surface area contributed by atoms with Gasteiger partial charge in [-0.15, -0.1) is 0 Å². The van der Waals surface area contributed by atoms with Crippen LogP contribution in [0.15, 0.2) is 52.9 Å². The van der Waals surface area contributed by atoms with Crippen LogP contribution in [0.5, 0.6) is 0 Å². The first kappa shape index (κ1) is 16.3. The summed E-state index contributed by atoms with van der Waals surface area (Å²) >= 11 is 0. The Morgan fingerprint density at radius 3 is 2.62 bits per heavy atom. The maximum atomic E-state index is 12.6. The molecular formula is C20H21NO3. The topological polar surface area (TPSA) is 62.5 Å². The molecule has 0 fully saturated rings. The fraction of sp³-hybridized carbons (Fsp3) is 0.250. The molecule has 0 aliphatic heterocycles. The van der Waals surface area contributed by atoms with Crippen molar-refractivity contribution in [3.63, 3.8) is 0 Å². The highest BCUT2D eigenvalue weighted by atomic mass is 16.3. The summed E-state index contributed by atoms with van der Waals surface area (Å²) in [6.45, 7) is 3.74. The van der Waals surface area contributed by atoms with Crippen molar-refractivity contribution in [2.24, 2.45) is 0 Å². The summed E-state index contributed by atoms with van der Waals surface area (Å²) in [7, 11) is 0. The Morgan fingerprint density at radius 1 is 1.17 bits per heavy atom. The highest BCUT2D eigenvalue weighted by molar-refractivity contribution is 5.99. The number of benzene rings is 2. The predicted molar refractivity (Wildman–Crippen MR) is 94.2 cm³/mol. The maximum Gasteiger partial charge on any atom is 0.287 e. The number of rotatable bonds is 5. The molecule has 0 spiro atoms. The van der Waals surface area contributed by atoms with E-state index in [1.807, 2.05) is 62.4 Å². The number of carbonyl (C=O) groups excluding carboxylic acids is 1. The van der Waals surface area contributed by atoms with Gasteiger partial charge in [-0.25, -0.2) is 0 Å². The number of hydrogen-bond donors (Lipinski definition) is 2. The molecule has 0 bridgehead atoms. The molecule has 24 heavy (non-hydrogen) atoms. The molecule has 0 aliphatic carbocycles. The Bertz CT molecular complexity index is 852. The lowest BCUT2D eigenvalue weighted by molar-refractivity contribution is 0.0890. The summed E-state index contributed by atoms with van der Waals surface area (Å²) < 4.78 is 5.74. The summed E-state index contributed by atoms with van der Waals surface area (Å²) in [5, 5.41) is 13.4. The lowest BCUT2D eigenvalue weighted by Crippen LogP contribution is -2.39. The van der Waals surface area contributed by atoms with E-state index >= 15 is 0 Å². The van der Waals surface area contributed by atoms with Gasteiger partial charge in [0.05, 0.1) is 12.6 Å². The van der Waals surface area contributed by atoms with E-state index in [1.54, 1.807) is 0 Å². The number of aryl methyl sites for hydroxylation is 2. The van der Waals surface area contributed by atoms with Gasteiger partial charge in [-0.05, 0) is 37.5 Å². The maximum absolute atomic E-state index is 12.6. The molecule has 124 valence electrons. The molecule has 3 rings (SSSR count). The molecular weight excluding hydrogens is 302 g/mol. The quantitative estimate of drug-likeness (QED) is 0.756. The fourth-order valence-corrected chi connectivity index (χ4v) is 2.86. The van der Waals surface area contributed by atoms with Crippen molar-refractivity contribution in [2.75, 3.05) is 6.61 Å². The summed E-state index contributed by atoms with van der Waals surface area (Å²) in [4.78, 5) is 12.6. The zero-order valence-corrected chi connectivity index (χ0v) is 13.9.